The fraction of sp³-hybridized carbons (Fsp3) is 0.462. The molecule has 1 amide bonds. The predicted octanol–water partition coefficient (Wildman–Crippen LogP) is 3.26. The van der Waals surface area contributed by atoms with Crippen molar-refractivity contribution in [2.45, 2.75) is 11.0 Å². The molecule has 1 aromatic rings. The van der Waals surface area contributed by atoms with E-state index in [0.29, 0.717) is 4.58 Å². The number of thioether (sulfide) groups is 2. The lowest BCUT2D eigenvalue weighted by Crippen LogP contribution is -2.21. The largest absolute Gasteiger partial charge is 0.345 e. The maximum Gasteiger partial charge on any atom is 0.253 e. The van der Waals surface area contributed by atoms with E-state index in [1.165, 1.54) is 23.5 Å². The zero-order valence-corrected chi connectivity index (χ0v) is 11.8. The van der Waals surface area contributed by atoms with Crippen LogP contribution in [0.3, 0.4) is 0 Å². The van der Waals surface area contributed by atoms with Crippen molar-refractivity contribution < 1.29 is 4.79 Å². The first-order valence-electron chi connectivity index (χ1n) is 5.73. The fourth-order valence-electron chi connectivity index (χ4n) is 1.72. The molecule has 1 heterocycles. The molecule has 0 aromatic heterocycles. The van der Waals surface area contributed by atoms with Crippen LogP contribution in [-0.4, -0.2) is 36.4 Å². The quantitative estimate of drug-likeness (QED) is 0.820. The van der Waals surface area contributed by atoms with Gasteiger partial charge < -0.3 is 4.90 Å². The molecule has 1 fully saturated rings. The topological polar surface area (TPSA) is 20.3 Å². The monoisotopic (exact) mass is 267 g/mol. The summed E-state index contributed by atoms with van der Waals surface area (Å²) in [6, 6.07) is 8.06. The lowest BCUT2D eigenvalue weighted by atomic mass is 10.1. The number of hydrogen-bond acceptors (Lipinski definition) is 3. The Labute approximate surface area is 111 Å². The summed E-state index contributed by atoms with van der Waals surface area (Å²) in [6.45, 7) is 0. The molecule has 1 saturated heterocycles. The van der Waals surface area contributed by atoms with E-state index >= 15 is 0 Å². The molecule has 2 nitrogen and oxygen atoms in total. The molecule has 2 rings (SSSR count). The van der Waals surface area contributed by atoms with Crippen molar-refractivity contribution >= 4 is 29.4 Å². The van der Waals surface area contributed by atoms with Crippen LogP contribution in [0.5, 0.6) is 0 Å². The second kappa shape index (κ2) is 5.83. The van der Waals surface area contributed by atoms with Gasteiger partial charge in [0.1, 0.15) is 0 Å². The molecule has 0 unspecified atom stereocenters. The third kappa shape index (κ3) is 3.19. The average molecular weight is 267 g/mol. The van der Waals surface area contributed by atoms with Crippen molar-refractivity contribution in [3.63, 3.8) is 0 Å². The van der Waals surface area contributed by atoms with Crippen molar-refractivity contribution in [2.75, 3.05) is 25.6 Å². The molecular formula is C13H17NOS2. The van der Waals surface area contributed by atoms with Crippen LogP contribution >= 0.6 is 23.5 Å². The van der Waals surface area contributed by atoms with Gasteiger partial charge in [-0.3, -0.25) is 4.79 Å². The second-order valence-corrected chi connectivity index (χ2v) is 6.97. The van der Waals surface area contributed by atoms with Gasteiger partial charge in [-0.15, -0.1) is 23.5 Å². The Balaban J connectivity index is 2.09. The Morgan fingerprint density at radius 1 is 1.18 bits per heavy atom. The molecule has 1 aliphatic heterocycles. The van der Waals surface area contributed by atoms with Crippen LogP contribution in [0.4, 0.5) is 0 Å². The van der Waals surface area contributed by atoms with E-state index in [1.54, 1.807) is 19.0 Å². The molecule has 0 bridgehead atoms. The van der Waals surface area contributed by atoms with Gasteiger partial charge in [0, 0.05) is 19.7 Å². The summed E-state index contributed by atoms with van der Waals surface area (Å²) in [7, 11) is 3.56. The summed E-state index contributed by atoms with van der Waals surface area (Å²) in [5.74, 6) is 2.56. The standard InChI is InChI=1S/C13H17NOS2/c1-14(2)12(15)10-4-6-11(7-5-10)13-16-8-3-9-17-13/h4-7,13H,3,8-9H2,1-2H3. The highest BCUT2D eigenvalue weighted by Crippen LogP contribution is 2.43. The van der Waals surface area contributed by atoms with Crippen LogP contribution in [0.25, 0.3) is 0 Å². The van der Waals surface area contributed by atoms with Gasteiger partial charge in [0.05, 0.1) is 4.58 Å². The molecule has 92 valence electrons. The van der Waals surface area contributed by atoms with Crippen molar-refractivity contribution in [1.82, 2.24) is 4.90 Å². The fourth-order valence-corrected chi connectivity index (χ4v) is 4.62. The number of nitrogens with zero attached hydrogens (tertiary/aromatic N) is 1. The minimum absolute atomic E-state index is 0.0699. The van der Waals surface area contributed by atoms with E-state index in [-0.39, 0.29) is 5.91 Å². The highest BCUT2D eigenvalue weighted by atomic mass is 32.2. The summed E-state index contributed by atoms with van der Waals surface area (Å²) in [4.78, 5) is 13.4. The molecule has 0 atom stereocenters. The molecule has 17 heavy (non-hydrogen) atoms. The highest BCUT2D eigenvalue weighted by Gasteiger charge is 2.17. The first kappa shape index (κ1) is 12.8. The normalized spacial score (nSPS) is 16.8. The molecular weight excluding hydrogens is 250 g/mol. The van der Waals surface area contributed by atoms with Crippen molar-refractivity contribution in [1.29, 1.82) is 0 Å². The molecule has 0 aliphatic carbocycles. The Hall–Kier alpha value is -0.610. The van der Waals surface area contributed by atoms with E-state index in [2.05, 4.69) is 12.1 Å². The summed E-state index contributed by atoms with van der Waals surface area (Å²) in [5, 5.41) is 0. The van der Waals surface area contributed by atoms with E-state index in [0.717, 1.165) is 5.56 Å². The zero-order valence-electron chi connectivity index (χ0n) is 10.2. The molecule has 1 aliphatic rings. The number of carbonyl (C=O) groups excluding carboxylic acids is 1. The van der Waals surface area contributed by atoms with Gasteiger partial charge in [0.15, 0.2) is 0 Å². The van der Waals surface area contributed by atoms with Crippen LogP contribution < -0.4 is 0 Å². The minimum Gasteiger partial charge on any atom is -0.345 e. The van der Waals surface area contributed by atoms with Gasteiger partial charge in [-0.2, -0.15) is 0 Å². The Bertz CT molecular complexity index is 383. The SMILES string of the molecule is CN(C)C(=O)c1ccc(C2SCCCS2)cc1. The lowest BCUT2D eigenvalue weighted by Gasteiger charge is -2.21. The number of carbonyl (C=O) groups is 1. The third-order valence-corrected chi connectivity index (χ3v) is 5.68. The summed E-state index contributed by atoms with van der Waals surface area (Å²) >= 11 is 4.01. The minimum atomic E-state index is 0.0699. The van der Waals surface area contributed by atoms with Crippen molar-refractivity contribution in [3.05, 3.63) is 35.4 Å². The Kier molecular flexibility index (Phi) is 4.40. The zero-order chi connectivity index (χ0) is 12.3. The van der Waals surface area contributed by atoms with Gasteiger partial charge >= 0.3 is 0 Å². The maximum absolute atomic E-state index is 11.7. The summed E-state index contributed by atoms with van der Waals surface area (Å²) in [5.41, 5.74) is 2.10. The average Bonchev–Trinajstić information content (AvgIpc) is 2.39. The summed E-state index contributed by atoms with van der Waals surface area (Å²) in [6.07, 6.45) is 1.31. The van der Waals surface area contributed by atoms with E-state index in [9.17, 15) is 4.79 Å². The Morgan fingerprint density at radius 2 is 1.76 bits per heavy atom. The first-order chi connectivity index (χ1) is 8.18. The van der Waals surface area contributed by atoms with E-state index in [4.69, 9.17) is 0 Å². The number of rotatable bonds is 2. The van der Waals surface area contributed by atoms with Gasteiger partial charge in [-0.1, -0.05) is 12.1 Å². The van der Waals surface area contributed by atoms with E-state index < -0.39 is 0 Å². The van der Waals surface area contributed by atoms with Crippen LogP contribution in [0.1, 0.15) is 26.9 Å². The van der Waals surface area contributed by atoms with Crippen LogP contribution in [0, 0.1) is 0 Å². The van der Waals surface area contributed by atoms with Crippen LogP contribution in [0.2, 0.25) is 0 Å². The molecule has 0 N–H and O–H groups in total. The lowest BCUT2D eigenvalue weighted by molar-refractivity contribution is 0.0827. The molecule has 0 spiro atoms. The smallest absolute Gasteiger partial charge is 0.253 e. The molecule has 0 saturated carbocycles. The molecule has 4 heteroatoms. The van der Waals surface area contributed by atoms with Crippen LogP contribution in [0.15, 0.2) is 24.3 Å². The number of benzene rings is 1. The maximum atomic E-state index is 11.7. The van der Waals surface area contributed by atoms with Crippen molar-refractivity contribution in [3.8, 4) is 0 Å². The third-order valence-electron chi connectivity index (χ3n) is 2.66. The predicted molar refractivity (Wildman–Crippen MR) is 76.7 cm³/mol. The summed E-state index contributed by atoms with van der Waals surface area (Å²) < 4.78 is 0.548. The van der Waals surface area contributed by atoms with Crippen molar-refractivity contribution in [2.24, 2.45) is 0 Å². The molecule has 1 aromatic carbocycles. The Morgan fingerprint density at radius 3 is 2.29 bits per heavy atom. The van der Waals surface area contributed by atoms with Gasteiger partial charge in [0.25, 0.3) is 5.91 Å². The number of hydrogen-bond donors (Lipinski definition) is 0. The van der Waals surface area contributed by atoms with Gasteiger partial charge in [0.2, 0.25) is 0 Å². The van der Waals surface area contributed by atoms with Crippen LogP contribution in [-0.2, 0) is 0 Å². The second-order valence-electron chi connectivity index (χ2n) is 4.25. The molecule has 0 radical (unpaired) electrons. The number of amides is 1. The van der Waals surface area contributed by atoms with Gasteiger partial charge in [-0.05, 0) is 35.6 Å². The van der Waals surface area contributed by atoms with E-state index in [1.807, 2.05) is 35.7 Å². The van der Waals surface area contributed by atoms with Gasteiger partial charge in [-0.25, -0.2) is 0 Å². The highest BCUT2D eigenvalue weighted by molar-refractivity contribution is 8.16. The first-order valence-corrected chi connectivity index (χ1v) is 7.83.